The second kappa shape index (κ2) is 8.93. The number of hydrogen-bond donors (Lipinski definition) is 0. The largest absolute Gasteiger partial charge is 0.341 e. The Kier molecular flexibility index (Phi) is 6.83. The minimum Gasteiger partial charge on any atom is -0.341 e. The van der Waals surface area contributed by atoms with Crippen LogP contribution in [0.15, 0.2) is 29.6 Å². The van der Waals surface area contributed by atoms with Gasteiger partial charge in [-0.15, -0.1) is 23.7 Å². The lowest BCUT2D eigenvalue weighted by molar-refractivity contribution is -0.135. The molecule has 1 saturated carbocycles. The van der Waals surface area contributed by atoms with Crippen LogP contribution in [0.25, 0.3) is 10.1 Å². The summed E-state index contributed by atoms with van der Waals surface area (Å²) in [6.45, 7) is 4.51. The first-order valence-electron chi connectivity index (χ1n) is 10.1. The number of fused-ring (bicyclic) bond motifs is 1. The Balaban J connectivity index is 0.00000210. The molecule has 148 valence electrons. The molecular formula is C22H31ClN2OS. The monoisotopic (exact) mass is 406 g/mol. The zero-order valence-corrected chi connectivity index (χ0v) is 18.0. The quantitative estimate of drug-likeness (QED) is 0.688. The zero-order chi connectivity index (χ0) is 18.1. The molecule has 4 rings (SSSR count). The van der Waals surface area contributed by atoms with Crippen molar-refractivity contribution in [3.63, 3.8) is 0 Å². The number of carbonyl (C=O) groups is 1. The number of likely N-dealkylation sites (tertiary alicyclic amines) is 1. The number of benzene rings is 1. The SMILES string of the molecule is CC(C(=O)N(C)[C@H]1CCCC[C@@H]1N1CCCC1)c1cccc2sccc12.Cl. The van der Waals surface area contributed by atoms with Gasteiger partial charge in [-0.3, -0.25) is 9.69 Å². The van der Waals surface area contributed by atoms with E-state index in [1.165, 1.54) is 60.8 Å². The van der Waals surface area contributed by atoms with E-state index in [0.29, 0.717) is 12.1 Å². The van der Waals surface area contributed by atoms with Crippen molar-refractivity contribution in [3.05, 3.63) is 35.2 Å². The van der Waals surface area contributed by atoms with E-state index >= 15 is 0 Å². The number of nitrogens with zero attached hydrogens (tertiary/aromatic N) is 2. The second-order valence-electron chi connectivity index (χ2n) is 8.01. The Labute approximate surface area is 173 Å². The van der Waals surface area contributed by atoms with Crippen LogP contribution in [0.5, 0.6) is 0 Å². The summed E-state index contributed by atoms with van der Waals surface area (Å²) in [6, 6.07) is 9.46. The van der Waals surface area contributed by atoms with Crippen LogP contribution in [-0.4, -0.2) is 47.9 Å². The molecule has 2 fully saturated rings. The van der Waals surface area contributed by atoms with Gasteiger partial charge >= 0.3 is 0 Å². The molecule has 5 heteroatoms. The van der Waals surface area contributed by atoms with Gasteiger partial charge in [0.1, 0.15) is 0 Å². The van der Waals surface area contributed by atoms with Crippen LogP contribution in [0.3, 0.4) is 0 Å². The predicted octanol–water partition coefficient (Wildman–Crippen LogP) is 5.29. The van der Waals surface area contributed by atoms with E-state index < -0.39 is 0 Å². The summed E-state index contributed by atoms with van der Waals surface area (Å²) in [7, 11) is 2.05. The van der Waals surface area contributed by atoms with E-state index in [4.69, 9.17) is 0 Å². The zero-order valence-electron chi connectivity index (χ0n) is 16.4. The van der Waals surface area contributed by atoms with E-state index in [-0.39, 0.29) is 24.2 Å². The molecule has 1 aromatic heterocycles. The first kappa shape index (κ1) is 20.6. The standard InChI is InChI=1S/C22H30N2OS.ClH/c1-16(17-8-7-11-21-18(17)12-15-26-21)22(25)23(2)19-9-3-4-10-20(19)24-13-5-6-14-24;/h7-8,11-12,15-16,19-20H,3-6,9-10,13-14H2,1-2H3;1H/t16?,19-,20-;/m0./s1. The molecule has 0 radical (unpaired) electrons. The van der Waals surface area contributed by atoms with Crippen molar-refractivity contribution in [1.29, 1.82) is 0 Å². The molecule has 0 spiro atoms. The summed E-state index contributed by atoms with van der Waals surface area (Å²) in [6.07, 6.45) is 7.59. The topological polar surface area (TPSA) is 23.6 Å². The summed E-state index contributed by atoms with van der Waals surface area (Å²) < 4.78 is 1.28. The van der Waals surface area contributed by atoms with E-state index in [0.717, 1.165) is 6.42 Å². The molecule has 1 aliphatic heterocycles. The first-order valence-corrected chi connectivity index (χ1v) is 11.0. The molecule has 3 atom stereocenters. The third-order valence-corrected chi connectivity index (χ3v) is 7.40. The van der Waals surface area contributed by atoms with Gasteiger partial charge in [-0.2, -0.15) is 0 Å². The van der Waals surface area contributed by atoms with Crippen LogP contribution in [0.2, 0.25) is 0 Å². The number of thiophene rings is 1. The highest BCUT2D eigenvalue weighted by Gasteiger charge is 2.36. The second-order valence-corrected chi connectivity index (χ2v) is 8.96. The molecule has 2 aromatic rings. The minimum absolute atomic E-state index is 0. The fourth-order valence-corrected chi connectivity index (χ4v) is 5.86. The number of hydrogen-bond acceptors (Lipinski definition) is 3. The van der Waals surface area contributed by atoms with Crippen molar-refractivity contribution in [2.75, 3.05) is 20.1 Å². The maximum absolute atomic E-state index is 13.4. The third-order valence-electron chi connectivity index (χ3n) is 6.52. The van der Waals surface area contributed by atoms with Crippen molar-refractivity contribution in [1.82, 2.24) is 9.80 Å². The van der Waals surface area contributed by atoms with Gasteiger partial charge < -0.3 is 4.90 Å². The predicted molar refractivity (Wildman–Crippen MR) is 117 cm³/mol. The van der Waals surface area contributed by atoms with E-state index in [9.17, 15) is 4.79 Å². The summed E-state index contributed by atoms with van der Waals surface area (Å²) in [5.74, 6) is 0.194. The number of halogens is 1. The van der Waals surface area contributed by atoms with Crippen molar-refractivity contribution < 1.29 is 4.79 Å². The molecular weight excluding hydrogens is 376 g/mol. The van der Waals surface area contributed by atoms with Gasteiger partial charge in [0.15, 0.2) is 0 Å². The summed E-state index contributed by atoms with van der Waals surface area (Å²) >= 11 is 1.75. The van der Waals surface area contributed by atoms with Crippen molar-refractivity contribution >= 4 is 39.7 Å². The Morgan fingerprint density at radius 2 is 1.89 bits per heavy atom. The number of rotatable bonds is 4. The summed E-state index contributed by atoms with van der Waals surface area (Å²) in [4.78, 5) is 18.1. The average Bonchev–Trinajstić information content (AvgIpc) is 3.37. The highest BCUT2D eigenvalue weighted by Crippen LogP contribution is 2.33. The van der Waals surface area contributed by atoms with Gasteiger partial charge in [-0.05, 0) is 74.2 Å². The van der Waals surface area contributed by atoms with Gasteiger partial charge in [0.2, 0.25) is 5.91 Å². The Hall–Kier alpha value is -1.10. The molecule has 0 N–H and O–H groups in total. The Morgan fingerprint density at radius 1 is 1.15 bits per heavy atom. The van der Waals surface area contributed by atoms with Gasteiger partial charge in [0.25, 0.3) is 0 Å². The van der Waals surface area contributed by atoms with Crippen LogP contribution >= 0.6 is 23.7 Å². The fourth-order valence-electron chi connectivity index (χ4n) is 5.04. The first-order chi connectivity index (χ1) is 12.7. The molecule has 2 heterocycles. The molecule has 1 unspecified atom stereocenters. The lowest BCUT2D eigenvalue weighted by Crippen LogP contribution is -2.53. The Bertz CT molecular complexity index is 771. The van der Waals surface area contributed by atoms with E-state index in [1.807, 2.05) is 7.05 Å². The summed E-state index contributed by atoms with van der Waals surface area (Å²) in [5.41, 5.74) is 1.18. The normalized spacial score (nSPS) is 24.5. The maximum Gasteiger partial charge on any atom is 0.229 e. The molecule has 2 aliphatic rings. The highest BCUT2D eigenvalue weighted by molar-refractivity contribution is 7.17. The average molecular weight is 407 g/mol. The number of carbonyl (C=O) groups excluding carboxylic acids is 1. The smallest absolute Gasteiger partial charge is 0.229 e. The van der Waals surface area contributed by atoms with Crippen molar-refractivity contribution in [2.45, 2.75) is 63.5 Å². The Morgan fingerprint density at radius 3 is 2.67 bits per heavy atom. The minimum atomic E-state index is -0.0838. The summed E-state index contributed by atoms with van der Waals surface area (Å²) in [5, 5.41) is 3.37. The fraction of sp³-hybridized carbons (Fsp3) is 0.591. The van der Waals surface area contributed by atoms with Crippen LogP contribution in [0, 0.1) is 0 Å². The molecule has 1 aliphatic carbocycles. The number of likely N-dealkylation sites (N-methyl/N-ethyl adjacent to an activating group) is 1. The van der Waals surface area contributed by atoms with Gasteiger partial charge in [0.05, 0.1) is 5.92 Å². The highest BCUT2D eigenvalue weighted by atomic mass is 35.5. The third kappa shape index (κ3) is 4.03. The van der Waals surface area contributed by atoms with Gasteiger partial charge in [-0.1, -0.05) is 25.0 Å². The van der Waals surface area contributed by atoms with E-state index in [1.54, 1.807) is 11.3 Å². The molecule has 1 amide bonds. The van der Waals surface area contributed by atoms with Gasteiger partial charge in [0, 0.05) is 23.8 Å². The molecule has 27 heavy (non-hydrogen) atoms. The molecule has 0 bridgehead atoms. The van der Waals surface area contributed by atoms with Crippen LogP contribution in [0.1, 0.15) is 56.9 Å². The lowest BCUT2D eigenvalue weighted by Gasteiger charge is -2.43. The van der Waals surface area contributed by atoms with Crippen molar-refractivity contribution in [2.24, 2.45) is 0 Å². The van der Waals surface area contributed by atoms with Gasteiger partial charge in [-0.25, -0.2) is 0 Å². The van der Waals surface area contributed by atoms with E-state index in [2.05, 4.69) is 46.4 Å². The van der Waals surface area contributed by atoms with Crippen LogP contribution in [0.4, 0.5) is 0 Å². The molecule has 1 saturated heterocycles. The number of amides is 1. The van der Waals surface area contributed by atoms with Crippen molar-refractivity contribution in [3.8, 4) is 0 Å². The molecule has 1 aromatic carbocycles. The van der Waals surface area contributed by atoms with Crippen LogP contribution < -0.4 is 0 Å². The van der Waals surface area contributed by atoms with Crippen LogP contribution in [-0.2, 0) is 4.79 Å². The maximum atomic E-state index is 13.4. The lowest BCUT2D eigenvalue weighted by atomic mass is 9.87. The molecule has 3 nitrogen and oxygen atoms in total.